The van der Waals surface area contributed by atoms with E-state index >= 15 is 0 Å². The molecule has 0 atom stereocenters. The molecule has 0 aliphatic heterocycles. The Morgan fingerprint density at radius 3 is 2.67 bits per heavy atom. The standard InChI is InChI=1S/C12H12FN3O2/c1-8-14-11(6-7-12(17)18)16(15-8)10-4-2-9(13)3-5-10/h2-5H,6-7H2,1H3,(H,17,18). The third kappa shape index (κ3) is 2.71. The van der Waals surface area contributed by atoms with Gasteiger partial charge in [0.1, 0.15) is 17.5 Å². The third-order valence-corrected chi connectivity index (χ3v) is 2.41. The van der Waals surface area contributed by atoms with Crippen molar-refractivity contribution in [1.29, 1.82) is 0 Å². The first-order valence-corrected chi connectivity index (χ1v) is 5.46. The van der Waals surface area contributed by atoms with Gasteiger partial charge in [-0.25, -0.2) is 14.1 Å². The zero-order chi connectivity index (χ0) is 13.1. The second kappa shape index (κ2) is 4.95. The lowest BCUT2D eigenvalue weighted by Gasteiger charge is -2.04. The van der Waals surface area contributed by atoms with Gasteiger partial charge in [-0.3, -0.25) is 4.79 Å². The van der Waals surface area contributed by atoms with E-state index in [1.165, 1.54) is 16.8 Å². The predicted octanol–water partition coefficient (Wildman–Crippen LogP) is 1.73. The minimum Gasteiger partial charge on any atom is -0.481 e. The van der Waals surface area contributed by atoms with Crippen LogP contribution in [0, 0.1) is 12.7 Å². The van der Waals surface area contributed by atoms with Crippen LogP contribution in [0.25, 0.3) is 5.69 Å². The minimum atomic E-state index is -0.888. The lowest BCUT2D eigenvalue weighted by atomic mass is 10.2. The van der Waals surface area contributed by atoms with Crippen molar-refractivity contribution in [2.24, 2.45) is 0 Å². The highest BCUT2D eigenvalue weighted by Gasteiger charge is 2.11. The number of carboxylic acids is 1. The van der Waals surface area contributed by atoms with Crippen LogP contribution >= 0.6 is 0 Å². The van der Waals surface area contributed by atoms with Crippen molar-refractivity contribution in [3.63, 3.8) is 0 Å². The normalized spacial score (nSPS) is 10.6. The summed E-state index contributed by atoms with van der Waals surface area (Å²) in [5.74, 6) is -0.106. The van der Waals surface area contributed by atoms with Crippen molar-refractivity contribution in [1.82, 2.24) is 14.8 Å². The quantitative estimate of drug-likeness (QED) is 0.896. The summed E-state index contributed by atoms with van der Waals surface area (Å²) in [5, 5.41) is 12.9. The summed E-state index contributed by atoms with van der Waals surface area (Å²) >= 11 is 0. The van der Waals surface area contributed by atoms with E-state index in [0.29, 0.717) is 17.3 Å². The molecule has 2 aromatic rings. The fraction of sp³-hybridized carbons (Fsp3) is 0.250. The molecule has 0 saturated carbocycles. The Hall–Kier alpha value is -2.24. The molecule has 0 saturated heterocycles. The van der Waals surface area contributed by atoms with Crippen LogP contribution < -0.4 is 0 Å². The van der Waals surface area contributed by atoms with E-state index in [2.05, 4.69) is 10.1 Å². The molecule has 0 aliphatic rings. The molecule has 0 bridgehead atoms. The van der Waals surface area contributed by atoms with Crippen molar-refractivity contribution in [2.75, 3.05) is 0 Å². The van der Waals surface area contributed by atoms with Crippen molar-refractivity contribution in [3.05, 3.63) is 41.7 Å². The summed E-state index contributed by atoms with van der Waals surface area (Å²) in [6.45, 7) is 1.73. The molecular weight excluding hydrogens is 237 g/mol. The molecule has 0 fully saturated rings. The van der Waals surface area contributed by atoms with Crippen LogP contribution in [0.15, 0.2) is 24.3 Å². The Morgan fingerprint density at radius 1 is 1.39 bits per heavy atom. The molecule has 1 aromatic carbocycles. The maximum Gasteiger partial charge on any atom is 0.303 e. The zero-order valence-corrected chi connectivity index (χ0v) is 9.80. The number of hydrogen-bond donors (Lipinski definition) is 1. The van der Waals surface area contributed by atoms with Crippen LogP contribution in [0.2, 0.25) is 0 Å². The monoisotopic (exact) mass is 249 g/mol. The van der Waals surface area contributed by atoms with Gasteiger partial charge in [0.05, 0.1) is 12.1 Å². The summed E-state index contributed by atoms with van der Waals surface area (Å²) in [7, 11) is 0. The Kier molecular flexibility index (Phi) is 3.36. The number of nitrogens with zero attached hydrogens (tertiary/aromatic N) is 3. The fourth-order valence-corrected chi connectivity index (χ4v) is 1.63. The van der Waals surface area contributed by atoms with Crippen LogP contribution in [0.1, 0.15) is 18.1 Å². The molecule has 1 heterocycles. The van der Waals surface area contributed by atoms with Crippen LogP contribution in [0.4, 0.5) is 4.39 Å². The highest BCUT2D eigenvalue weighted by atomic mass is 19.1. The average molecular weight is 249 g/mol. The van der Waals surface area contributed by atoms with Crippen LogP contribution in [0.3, 0.4) is 0 Å². The lowest BCUT2D eigenvalue weighted by molar-refractivity contribution is -0.137. The number of benzene rings is 1. The molecule has 2 rings (SSSR count). The Morgan fingerprint density at radius 2 is 2.06 bits per heavy atom. The van der Waals surface area contributed by atoms with E-state index in [-0.39, 0.29) is 18.7 Å². The number of aliphatic carboxylic acids is 1. The molecule has 0 amide bonds. The first kappa shape index (κ1) is 12.2. The largest absolute Gasteiger partial charge is 0.481 e. The molecule has 94 valence electrons. The number of aromatic nitrogens is 3. The molecule has 1 N–H and O–H groups in total. The number of hydrogen-bond acceptors (Lipinski definition) is 3. The van der Waals surface area contributed by atoms with E-state index in [1.54, 1.807) is 19.1 Å². The van der Waals surface area contributed by atoms with Gasteiger partial charge in [-0.1, -0.05) is 0 Å². The number of carboxylic acid groups (broad SMARTS) is 1. The average Bonchev–Trinajstić information content (AvgIpc) is 2.69. The molecular formula is C12H12FN3O2. The summed E-state index contributed by atoms with van der Waals surface area (Å²) in [6, 6.07) is 5.81. The van der Waals surface area contributed by atoms with Crippen molar-refractivity contribution >= 4 is 5.97 Å². The highest BCUT2D eigenvalue weighted by Crippen LogP contribution is 2.12. The first-order valence-electron chi connectivity index (χ1n) is 5.46. The summed E-state index contributed by atoms with van der Waals surface area (Å²) in [4.78, 5) is 14.7. The van der Waals surface area contributed by atoms with E-state index in [9.17, 15) is 9.18 Å². The Balaban J connectivity index is 2.31. The summed E-state index contributed by atoms with van der Waals surface area (Å²) in [5.41, 5.74) is 0.664. The summed E-state index contributed by atoms with van der Waals surface area (Å²) < 4.78 is 14.4. The van der Waals surface area contributed by atoms with Crippen molar-refractivity contribution in [2.45, 2.75) is 19.8 Å². The molecule has 0 spiro atoms. The van der Waals surface area contributed by atoms with E-state index < -0.39 is 5.97 Å². The Bertz CT molecular complexity index is 563. The molecule has 0 unspecified atom stereocenters. The topological polar surface area (TPSA) is 68.0 Å². The SMILES string of the molecule is Cc1nc(CCC(=O)O)n(-c2ccc(F)cc2)n1. The van der Waals surface area contributed by atoms with Gasteiger partial charge in [0.15, 0.2) is 0 Å². The number of rotatable bonds is 4. The molecule has 0 radical (unpaired) electrons. The minimum absolute atomic E-state index is 0.0146. The van der Waals surface area contributed by atoms with Gasteiger partial charge in [0.25, 0.3) is 0 Å². The van der Waals surface area contributed by atoms with Gasteiger partial charge in [-0.05, 0) is 31.2 Å². The van der Waals surface area contributed by atoms with Gasteiger partial charge in [0, 0.05) is 6.42 Å². The van der Waals surface area contributed by atoms with Gasteiger partial charge in [-0.2, -0.15) is 5.10 Å². The Labute approximate surface area is 103 Å². The van der Waals surface area contributed by atoms with Gasteiger partial charge in [-0.15, -0.1) is 0 Å². The molecule has 0 aliphatic carbocycles. The second-order valence-electron chi connectivity index (χ2n) is 3.86. The van der Waals surface area contributed by atoms with Crippen molar-refractivity contribution < 1.29 is 14.3 Å². The number of carbonyl (C=O) groups is 1. The van der Waals surface area contributed by atoms with E-state index in [4.69, 9.17) is 5.11 Å². The van der Waals surface area contributed by atoms with Crippen molar-refractivity contribution in [3.8, 4) is 5.69 Å². The molecule has 1 aromatic heterocycles. The third-order valence-electron chi connectivity index (χ3n) is 2.41. The van der Waals surface area contributed by atoms with Crippen LogP contribution in [-0.2, 0) is 11.2 Å². The highest BCUT2D eigenvalue weighted by molar-refractivity contribution is 5.66. The van der Waals surface area contributed by atoms with E-state index in [1.807, 2.05) is 0 Å². The first-order chi connectivity index (χ1) is 8.56. The summed E-state index contributed by atoms with van der Waals surface area (Å²) in [6.07, 6.45) is 0.271. The predicted molar refractivity (Wildman–Crippen MR) is 62.0 cm³/mol. The van der Waals surface area contributed by atoms with Gasteiger partial charge < -0.3 is 5.11 Å². The van der Waals surface area contributed by atoms with E-state index in [0.717, 1.165) is 0 Å². The smallest absolute Gasteiger partial charge is 0.303 e. The maximum absolute atomic E-state index is 12.8. The van der Waals surface area contributed by atoms with Gasteiger partial charge >= 0.3 is 5.97 Å². The number of halogens is 1. The van der Waals surface area contributed by atoms with Crippen LogP contribution in [0.5, 0.6) is 0 Å². The lowest BCUT2D eigenvalue weighted by Crippen LogP contribution is -2.06. The second-order valence-corrected chi connectivity index (χ2v) is 3.86. The van der Waals surface area contributed by atoms with Crippen LogP contribution in [-0.4, -0.2) is 25.8 Å². The maximum atomic E-state index is 12.8. The molecule has 18 heavy (non-hydrogen) atoms. The molecule has 5 nitrogen and oxygen atoms in total. The zero-order valence-electron chi connectivity index (χ0n) is 9.80. The fourth-order valence-electron chi connectivity index (χ4n) is 1.63. The van der Waals surface area contributed by atoms with Gasteiger partial charge in [0.2, 0.25) is 0 Å². The number of aryl methyl sites for hydroxylation is 2. The molecule has 6 heteroatoms.